The lowest BCUT2D eigenvalue weighted by Gasteiger charge is -2.01. The molecular weight excluding hydrogens is 243 g/mol. The second-order valence-electron chi connectivity index (χ2n) is 3.83. The Bertz CT molecular complexity index is 632. The summed E-state index contributed by atoms with van der Waals surface area (Å²) in [6.07, 6.45) is 1.43. The minimum absolute atomic E-state index is 0.204. The summed E-state index contributed by atoms with van der Waals surface area (Å²) in [5.41, 5.74) is 1.94. The fourth-order valence-corrected chi connectivity index (χ4v) is 1.55. The van der Waals surface area contributed by atoms with Gasteiger partial charge in [0.25, 0.3) is 0 Å². The van der Waals surface area contributed by atoms with E-state index >= 15 is 0 Å². The van der Waals surface area contributed by atoms with Crippen molar-refractivity contribution in [2.75, 3.05) is 0 Å². The van der Waals surface area contributed by atoms with Crippen LogP contribution in [0.4, 0.5) is 4.39 Å². The molecule has 3 nitrogen and oxygen atoms in total. The van der Waals surface area contributed by atoms with E-state index in [4.69, 9.17) is 10.1 Å². The fraction of sp³-hybridized carbons (Fsp3) is 0.0667. The van der Waals surface area contributed by atoms with Gasteiger partial charge in [0, 0.05) is 5.56 Å². The minimum Gasteiger partial charge on any atom is -0.391 e. The summed E-state index contributed by atoms with van der Waals surface area (Å²) in [6, 6.07) is 15.3. The summed E-state index contributed by atoms with van der Waals surface area (Å²) >= 11 is 0. The van der Waals surface area contributed by atoms with Gasteiger partial charge in [-0.15, -0.1) is 0 Å². The molecule has 4 heteroatoms. The third-order valence-corrected chi connectivity index (χ3v) is 2.48. The summed E-state index contributed by atoms with van der Waals surface area (Å²) in [5, 5.41) is 12.7. The number of halogens is 1. The molecule has 0 aliphatic heterocycles. The molecule has 0 amide bonds. The molecule has 0 saturated heterocycles. The van der Waals surface area contributed by atoms with Crippen molar-refractivity contribution in [1.29, 1.82) is 5.26 Å². The Morgan fingerprint density at radius 1 is 1.21 bits per heavy atom. The predicted octanol–water partition coefficient (Wildman–Crippen LogP) is 3.25. The van der Waals surface area contributed by atoms with Gasteiger partial charge in [0.05, 0.1) is 17.8 Å². The second kappa shape index (κ2) is 6.31. The zero-order chi connectivity index (χ0) is 13.5. The first-order chi connectivity index (χ1) is 9.29. The van der Waals surface area contributed by atoms with Gasteiger partial charge in [0.1, 0.15) is 12.4 Å². The Morgan fingerprint density at radius 3 is 2.84 bits per heavy atom. The van der Waals surface area contributed by atoms with Crippen LogP contribution >= 0.6 is 0 Å². The number of rotatable bonds is 4. The Kier molecular flexibility index (Phi) is 4.25. The molecule has 0 bridgehead atoms. The molecule has 19 heavy (non-hydrogen) atoms. The van der Waals surface area contributed by atoms with Crippen molar-refractivity contribution in [3.05, 3.63) is 71.0 Å². The van der Waals surface area contributed by atoms with Crippen LogP contribution in [0.2, 0.25) is 0 Å². The molecule has 0 aliphatic rings. The van der Waals surface area contributed by atoms with Gasteiger partial charge in [0.2, 0.25) is 0 Å². The van der Waals surface area contributed by atoms with E-state index in [9.17, 15) is 4.39 Å². The molecule has 0 saturated carbocycles. The molecule has 0 N–H and O–H groups in total. The normalized spacial score (nSPS) is 10.3. The third kappa shape index (κ3) is 3.65. The number of benzene rings is 2. The van der Waals surface area contributed by atoms with E-state index < -0.39 is 0 Å². The molecule has 2 aromatic carbocycles. The maximum Gasteiger partial charge on any atom is 0.143 e. The van der Waals surface area contributed by atoms with Crippen LogP contribution in [0.5, 0.6) is 0 Å². The fourth-order valence-electron chi connectivity index (χ4n) is 1.55. The quantitative estimate of drug-likeness (QED) is 0.621. The Morgan fingerprint density at radius 2 is 2.05 bits per heavy atom. The van der Waals surface area contributed by atoms with Gasteiger partial charge in [-0.1, -0.05) is 35.5 Å². The Hall–Kier alpha value is -2.67. The average Bonchev–Trinajstić information content (AvgIpc) is 2.44. The highest BCUT2D eigenvalue weighted by Gasteiger charge is 2.00. The topological polar surface area (TPSA) is 45.4 Å². The van der Waals surface area contributed by atoms with Crippen LogP contribution in [-0.4, -0.2) is 6.21 Å². The van der Waals surface area contributed by atoms with Crippen LogP contribution < -0.4 is 0 Å². The van der Waals surface area contributed by atoms with Gasteiger partial charge in [-0.25, -0.2) is 4.39 Å². The first-order valence-electron chi connectivity index (χ1n) is 5.68. The highest BCUT2D eigenvalue weighted by atomic mass is 19.1. The average molecular weight is 254 g/mol. The lowest BCUT2D eigenvalue weighted by molar-refractivity contribution is 0.132. The number of hydrogen-bond acceptors (Lipinski definition) is 3. The second-order valence-corrected chi connectivity index (χ2v) is 3.83. The van der Waals surface area contributed by atoms with Crippen LogP contribution in [0, 0.1) is 17.1 Å². The predicted molar refractivity (Wildman–Crippen MR) is 69.9 cm³/mol. The summed E-state index contributed by atoms with van der Waals surface area (Å²) in [4.78, 5) is 5.10. The molecular formula is C15H11FN2O. The molecule has 0 aromatic heterocycles. The SMILES string of the molecule is N#Cc1ccccc1CON=Cc1cccc(F)c1. The highest BCUT2D eigenvalue weighted by Crippen LogP contribution is 2.08. The van der Waals surface area contributed by atoms with Crippen LogP contribution in [0.3, 0.4) is 0 Å². The van der Waals surface area contributed by atoms with Gasteiger partial charge in [-0.05, 0) is 23.8 Å². The summed E-state index contributed by atoms with van der Waals surface area (Å²) in [7, 11) is 0. The number of hydrogen-bond donors (Lipinski definition) is 0. The summed E-state index contributed by atoms with van der Waals surface area (Å²) in [5.74, 6) is -0.321. The third-order valence-electron chi connectivity index (χ3n) is 2.48. The maximum atomic E-state index is 12.9. The van der Waals surface area contributed by atoms with Crippen molar-refractivity contribution >= 4 is 6.21 Å². The maximum absolute atomic E-state index is 12.9. The Labute approximate surface area is 110 Å². The molecule has 2 rings (SSSR count). The zero-order valence-electron chi connectivity index (χ0n) is 10.1. The minimum atomic E-state index is -0.321. The molecule has 0 spiro atoms. The summed E-state index contributed by atoms with van der Waals surface area (Å²) < 4.78 is 12.9. The van der Waals surface area contributed by atoms with Crippen LogP contribution in [0.1, 0.15) is 16.7 Å². The smallest absolute Gasteiger partial charge is 0.143 e. The van der Waals surface area contributed by atoms with Gasteiger partial charge >= 0.3 is 0 Å². The molecule has 0 aliphatic carbocycles. The zero-order valence-corrected chi connectivity index (χ0v) is 10.1. The van der Waals surface area contributed by atoms with Crippen LogP contribution in [0.25, 0.3) is 0 Å². The molecule has 0 atom stereocenters. The number of nitrogens with zero attached hydrogens (tertiary/aromatic N) is 2. The van der Waals surface area contributed by atoms with E-state index in [1.807, 2.05) is 6.07 Å². The molecule has 0 heterocycles. The van der Waals surface area contributed by atoms with E-state index in [1.165, 1.54) is 18.3 Å². The van der Waals surface area contributed by atoms with E-state index in [0.29, 0.717) is 11.1 Å². The van der Waals surface area contributed by atoms with Gasteiger partial charge in [-0.3, -0.25) is 0 Å². The standard InChI is InChI=1S/C15H11FN2O/c16-15-7-3-4-12(8-15)10-18-19-11-14-6-2-1-5-13(14)9-17/h1-8,10H,11H2. The number of oxime groups is 1. The van der Waals surface area contributed by atoms with Crippen molar-refractivity contribution in [1.82, 2.24) is 0 Å². The van der Waals surface area contributed by atoms with Crippen molar-refractivity contribution in [2.45, 2.75) is 6.61 Å². The number of nitriles is 1. The monoisotopic (exact) mass is 254 g/mol. The van der Waals surface area contributed by atoms with E-state index in [2.05, 4.69) is 11.2 Å². The van der Waals surface area contributed by atoms with E-state index in [0.717, 1.165) is 5.56 Å². The van der Waals surface area contributed by atoms with E-state index in [-0.39, 0.29) is 12.4 Å². The Balaban J connectivity index is 1.95. The van der Waals surface area contributed by atoms with Gasteiger partial charge < -0.3 is 4.84 Å². The van der Waals surface area contributed by atoms with Crippen molar-refractivity contribution in [3.63, 3.8) is 0 Å². The molecule has 0 unspecified atom stereocenters. The van der Waals surface area contributed by atoms with Crippen molar-refractivity contribution in [3.8, 4) is 6.07 Å². The lowest BCUT2D eigenvalue weighted by atomic mass is 10.1. The molecule has 0 radical (unpaired) electrons. The van der Waals surface area contributed by atoms with Crippen molar-refractivity contribution < 1.29 is 9.23 Å². The van der Waals surface area contributed by atoms with Crippen LogP contribution in [0.15, 0.2) is 53.7 Å². The van der Waals surface area contributed by atoms with Crippen LogP contribution in [-0.2, 0) is 11.4 Å². The highest BCUT2D eigenvalue weighted by molar-refractivity contribution is 5.78. The van der Waals surface area contributed by atoms with Gasteiger partial charge in [0.15, 0.2) is 0 Å². The first-order valence-corrected chi connectivity index (χ1v) is 5.68. The van der Waals surface area contributed by atoms with Crippen molar-refractivity contribution in [2.24, 2.45) is 5.16 Å². The van der Waals surface area contributed by atoms with E-state index in [1.54, 1.807) is 30.3 Å². The first kappa shape index (κ1) is 12.8. The lowest BCUT2D eigenvalue weighted by Crippen LogP contribution is -1.92. The molecule has 94 valence electrons. The summed E-state index contributed by atoms with van der Waals surface area (Å²) in [6.45, 7) is 0.204. The van der Waals surface area contributed by atoms with Gasteiger partial charge in [-0.2, -0.15) is 5.26 Å². The molecule has 0 fully saturated rings. The largest absolute Gasteiger partial charge is 0.391 e. The molecule has 2 aromatic rings.